The molecule has 0 radical (unpaired) electrons. The third-order valence-corrected chi connectivity index (χ3v) is 3.09. The fourth-order valence-electron chi connectivity index (χ4n) is 2.04. The lowest BCUT2D eigenvalue weighted by Gasteiger charge is -2.15. The predicted molar refractivity (Wildman–Crippen MR) is 72.0 cm³/mol. The van der Waals surface area contributed by atoms with Gasteiger partial charge in [-0.15, -0.1) is 0 Å². The van der Waals surface area contributed by atoms with Crippen molar-refractivity contribution in [2.24, 2.45) is 0 Å². The van der Waals surface area contributed by atoms with Crippen molar-refractivity contribution in [1.82, 2.24) is 5.32 Å². The van der Waals surface area contributed by atoms with Gasteiger partial charge >= 0.3 is 5.97 Å². The summed E-state index contributed by atoms with van der Waals surface area (Å²) >= 11 is 0. The topological polar surface area (TPSA) is 75.6 Å². The summed E-state index contributed by atoms with van der Waals surface area (Å²) in [5.41, 5.74) is 3.30. The molecule has 5 nitrogen and oxygen atoms in total. The third-order valence-electron chi connectivity index (χ3n) is 3.09. The number of Topliss-reactive ketones (excluding diaryl/α,β-unsaturated/α-hetero) is 1. The lowest BCUT2D eigenvalue weighted by molar-refractivity contribution is -0.135. The highest BCUT2D eigenvalue weighted by Crippen LogP contribution is 2.28. The molecule has 0 atom stereocenters. The number of aliphatic carboxylic acids is 1. The van der Waals surface area contributed by atoms with Crippen LogP contribution in [0, 0.1) is 20.8 Å². The number of hydrogen-bond donors (Lipinski definition) is 2. The Hall–Kier alpha value is -1.88. The lowest BCUT2D eigenvalue weighted by Crippen LogP contribution is -2.28. The van der Waals surface area contributed by atoms with Gasteiger partial charge in [0.2, 0.25) is 0 Å². The molecule has 0 unspecified atom stereocenters. The number of rotatable bonds is 6. The molecular formula is C14H19NO4. The molecule has 0 spiro atoms. The monoisotopic (exact) mass is 265 g/mol. The first-order valence-electron chi connectivity index (χ1n) is 5.99. The van der Waals surface area contributed by atoms with Crippen LogP contribution in [0.15, 0.2) is 6.07 Å². The van der Waals surface area contributed by atoms with Crippen LogP contribution in [0.1, 0.15) is 27.0 Å². The van der Waals surface area contributed by atoms with Gasteiger partial charge < -0.3 is 9.84 Å². The number of ketones is 1. The van der Waals surface area contributed by atoms with E-state index in [9.17, 15) is 9.59 Å². The Morgan fingerprint density at radius 1 is 1.21 bits per heavy atom. The average molecular weight is 265 g/mol. The van der Waals surface area contributed by atoms with Gasteiger partial charge in [0.1, 0.15) is 5.75 Å². The molecule has 0 aliphatic carbocycles. The third kappa shape index (κ3) is 3.54. The van der Waals surface area contributed by atoms with E-state index < -0.39 is 5.97 Å². The molecule has 5 heteroatoms. The van der Waals surface area contributed by atoms with Crippen molar-refractivity contribution in [2.45, 2.75) is 20.8 Å². The number of aryl methyl sites for hydroxylation is 1. The molecule has 0 saturated carbocycles. The Balaban J connectivity index is 2.95. The zero-order valence-corrected chi connectivity index (χ0v) is 11.7. The molecule has 1 aromatic carbocycles. The minimum atomic E-state index is -0.980. The summed E-state index contributed by atoms with van der Waals surface area (Å²) in [5.74, 6) is -0.313. The van der Waals surface area contributed by atoms with Crippen molar-refractivity contribution in [2.75, 3.05) is 20.2 Å². The second-order valence-electron chi connectivity index (χ2n) is 4.44. The summed E-state index contributed by atoms with van der Waals surface area (Å²) in [6.45, 7) is 5.44. The van der Waals surface area contributed by atoms with Gasteiger partial charge in [0.05, 0.1) is 20.2 Å². The number of carbonyl (C=O) groups excluding carboxylic acids is 1. The van der Waals surface area contributed by atoms with Crippen molar-refractivity contribution in [3.05, 3.63) is 28.3 Å². The van der Waals surface area contributed by atoms with E-state index in [1.165, 1.54) is 0 Å². The molecule has 0 aromatic heterocycles. The summed E-state index contributed by atoms with van der Waals surface area (Å²) < 4.78 is 5.30. The van der Waals surface area contributed by atoms with Crippen molar-refractivity contribution < 1.29 is 19.4 Å². The first kappa shape index (κ1) is 15.2. The van der Waals surface area contributed by atoms with Gasteiger partial charge in [0.25, 0.3) is 0 Å². The smallest absolute Gasteiger partial charge is 0.317 e. The maximum atomic E-state index is 12.1. The molecule has 0 bridgehead atoms. The molecule has 0 fully saturated rings. The van der Waals surface area contributed by atoms with Gasteiger partial charge in [-0.2, -0.15) is 0 Å². The molecule has 1 rings (SSSR count). The minimum absolute atomic E-state index is 0.0123. The van der Waals surface area contributed by atoms with Crippen LogP contribution < -0.4 is 10.1 Å². The standard InChI is InChI=1S/C14H19NO4/c1-8-5-11(9(2)10(3)14(8)19-4)12(16)6-15-7-13(17)18/h5,15H,6-7H2,1-4H3,(H,17,18). The Labute approximate surface area is 112 Å². The summed E-state index contributed by atoms with van der Waals surface area (Å²) in [7, 11) is 1.60. The van der Waals surface area contributed by atoms with Crippen LogP contribution in [-0.2, 0) is 4.79 Å². The zero-order valence-electron chi connectivity index (χ0n) is 11.7. The Morgan fingerprint density at radius 2 is 1.84 bits per heavy atom. The van der Waals surface area contributed by atoms with Crippen LogP contribution in [0.3, 0.4) is 0 Å². The number of carbonyl (C=O) groups is 2. The maximum absolute atomic E-state index is 12.1. The van der Waals surface area contributed by atoms with Crippen LogP contribution in [0.2, 0.25) is 0 Å². The SMILES string of the molecule is COc1c(C)cc(C(=O)CNCC(=O)O)c(C)c1C. The number of carboxylic acids is 1. The van der Waals surface area contributed by atoms with Gasteiger partial charge in [-0.3, -0.25) is 14.9 Å². The van der Waals surface area contributed by atoms with E-state index in [4.69, 9.17) is 9.84 Å². The fourth-order valence-corrected chi connectivity index (χ4v) is 2.04. The van der Waals surface area contributed by atoms with Crippen LogP contribution >= 0.6 is 0 Å². The first-order chi connectivity index (χ1) is 8.88. The van der Waals surface area contributed by atoms with E-state index in [0.29, 0.717) is 5.56 Å². The number of methoxy groups -OCH3 is 1. The molecular weight excluding hydrogens is 246 g/mol. The highest BCUT2D eigenvalue weighted by Gasteiger charge is 2.15. The first-order valence-corrected chi connectivity index (χ1v) is 5.99. The molecule has 0 aliphatic rings. The summed E-state index contributed by atoms with van der Waals surface area (Å²) in [6.07, 6.45) is 0. The average Bonchev–Trinajstić information content (AvgIpc) is 2.33. The van der Waals surface area contributed by atoms with Crippen LogP contribution in [0.4, 0.5) is 0 Å². The maximum Gasteiger partial charge on any atom is 0.317 e. The minimum Gasteiger partial charge on any atom is -0.496 e. The molecule has 0 aliphatic heterocycles. The zero-order chi connectivity index (χ0) is 14.6. The Kier molecular flexibility index (Phi) is 5.06. The number of ether oxygens (including phenoxy) is 1. The van der Waals surface area contributed by atoms with E-state index in [0.717, 1.165) is 22.4 Å². The van der Waals surface area contributed by atoms with E-state index in [1.54, 1.807) is 13.2 Å². The molecule has 0 saturated heterocycles. The van der Waals surface area contributed by atoms with Crippen LogP contribution in [-0.4, -0.2) is 37.1 Å². The second kappa shape index (κ2) is 6.33. The quantitative estimate of drug-likeness (QED) is 0.762. The molecule has 1 aromatic rings. The van der Waals surface area contributed by atoms with Crippen molar-refractivity contribution in [3.63, 3.8) is 0 Å². The highest BCUT2D eigenvalue weighted by atomic mass is 16.5. The highest BCUT2D eigenvalue weighted by molar-refractivity contribution is 5.99. The number of hydrogen-bond acceptors (Lipinski definition) is 4. The molecule has 0 heterocycles. The van der Waals surface area contributed by atoms with E-state index in [1.807, 2.05) is 20.8 Å². The van der Waals surface area contributed by atoms with Crippen molar-refractivity contribution in [3.8, 4) is 5.75 Å². The second-order valence-corrected chi connectivity index (χ2v) is 4.44. The van der Waals surface area contributed by atoms with Crippen molar-refractivity contribution >= 4 is 11.8 Å². The summed E-state index contributed by atoms with van der Waals surface area (Å²) in [6, 6.07) is 1.78. The summed E-state index contributed by atoms with van der Waals surface area (Å²) in [4.78, 5) is 22.4. The van der Waals surface area contributed by atoms with Gasteiger partial charge in [0.15, 0.2) is 5.78 Å². The molecule has 2 N–H and O–H groups in total. The fraction of sp³-hybridized carbons (Fsp3) is 0.429. The Morgan fingerprint density at radius 3 is 2.37 bits per heavy atom. The molecule has 0 amide bonds. The van der Waals surface area contributed by atoms with E-state index >= 15 is 0 Å². The van der Waals surface area contributed by atoms with E-state index in [-0.39, 0.29) is 18.9 Å². The number of nitrogens with one attached hydrogen (secondary N) is 1. The number of carboxylic acid groups (broad SMARTS) is 1. The molecule has 19 heavy (non-hydrogen) atoms. The Bertz CT molecular complexity index is 509. The van der Waals surface area contributed by atoms with Crippen molar-refractivity contribution in [1.29, 1.82) is 0 Å². The van der Waals surface area contributed by atoms with Gasteiger partial charge in [-0.05, 0) is 43.5 Å². The summed E-state index contributed by atoms with van der Waals surface area (Å²) in [5, 5.41) is 11.1. The van der Waals surface area contributed by atoms with Crippen LogP contribution in [0.5, 0.6) is 5.75 Å². The van der Waals surface area contributed by atoms with Gasteiger partial charge in [0, 0.05) is 5.56 Å². The van der Waals surface area contributed by atoms with Gasteiger partial charge in [-0.25, -0.2) is 0 Å². The lowest BCUT2D eigenvalue weighted by atomic mass is 9.96. The number of benzene rings is 1. The normalized spacial score (nSPS) is 10.3. The van der Waals surface area contributed by atoms with E-state index in [2.05, 4.69) is 5.32 Å². The van der Waals surface area contributed by atoms with Crippen LogP contribution in [0.25, 0.3) is 0 Å². The molecule has 104 valence electrons. The predicted octanol–water partition coefficient (Wildman–Crippen LogP) is 1.48. The van der Waals surface area contributed by atoms with Gasteiger partial charge in [-0.1, -0.05) is 0 Å². The largest absolute Gasteiger partial charge is 0.496 e.